The molecule has 3 aromatic heterocycles. The lowest BCUT2D eigenvalue weighted by Gasteiger charge is -2.36. The van der Waals surface area contributed by atoms with Crippen molar-refractivity contribution < 1.29 is 9.18 Å². The van der Waals surface area contributed by atoms with Crippen LogP contribution in [0.15, 0.2) is 48.0 Å². The molecule has 4 heterocycles. The summed E-state index contributed by atoms with van der Waals surface area (Å²) in [5.74, 6) is -1.07. The van der Waals surface area contributed by atoms with Crippen LogP contribution in [-0.4, -0.2) is 56.5 Å². The summed E-state index contributed by atoms with van der Waals surface area (Å²) in [5.41, 5.74) is 7.70. The molecule has 5 rings (SSSR count). The number of rotatable bonds is 6. The van der Waals surface area contributed by atoms with E-state index in [0.29, 0.717) is 54.3 Å². The van der Waals surface area contributed by atoms with Crippen LogP contribution in [0.3, 0.4) is 0 Å². The molecule has 10 nitrogen and oxygen atoms in total. The molecule has 0 saturated carbocycles. The predicted molar refractivity (Wildman–Crippen MR) is 170 cm³/mol. The molecule has 0 unspecified atom stereocenters. The third kappa shape index (κ3) is 5.15. The van der Waals surface area contributed by atoms with Gasteiger partial charge in [0, 0.05) is 37.3 Å². The Kier molecular flexibility index (Phi) is 8.39. The van der Waals surface area contributed by atoms with Gasteiger partial charge in [-0.25, -0.2) is 19.3 Å². The maximum absolute atomic E-state index is 15.2. The minimum atomic E-state index is -0.627. The van der Waals surface area contributed by atoms with Gasteiger partial charge in [0.15, 0.2) is 0 Å². The number of nitrogens with zero attached hydrogens (tertiary/aromatic N) is 7. The number of nitrogens with two attached hydrogens (primary N) is 1. The lowest BCUT2D eigenvalue weighted by atomic mass is 10.00. The van der Waals surface area contributed by atoms with E-state index in [2.05, 4.69) is 22.6 Å². The standard InChI is InChI=1S/C32H32ClFN8O2/c1-6-24(43)40-10-12-41(13-11-40)29-19-14-21(33)28(25-22(34)8-7-9-23(25)36)39-31(19)42(32(44)20(29)15-35)30-26(17(2)3)37-16-38-27(30)18(4)5/h6-9,14,16-18H,1,10-13,36H2,2-5H3. The van der Waals surface area contributed by atoms with E-state index in [4.69, 9.17) is 22.3 Å². The summed E-state index contributed by atoms with van der Waals surface area (Å²) in [5, 5.41) is 10.9. The zero-order valence-corrected chi connectivity index (χ0v) is 25.7. The SMILES string of the molecule is C=CC(=O)N1CCN(c2c(C#N)c(=O)n(-c3c(C(C)C)ncnc3C(C)C)c3nc(-c4c(N)cccc4F)c(Cl)cc23)CC1. The number of halogens is 2. The molecule has 0 bridgehead atoms. The van der Waals surface area contributed by atoms with E-state index in [9.17, 15) is 14.9 Å². The highest BCUT2D eigenvalue weighted by molar-refractivity contribution is 6.34. The number of piperazine rings is 1. The second-order valence-corrected chi connectivity index (χ2v) is 11.6. The van der Waals surface area contributed by atoms with Crippen LogP contribution in [0, 0.1) is 17.1 Å². The van der Waals surface area contributed by atoms with Crippen molar-refractivity contribution in [3.63, 3.8) is 0 Å². The third-order valence-electron chi connectivity index (χ3n) is 7.75. The minimum absolute atomic E-state index is 0.00154. The molecule has 0 aliphatic carbocycles. The van der Waals surface area contributed by atoms with Gasteiger partial charge in [0.25, 0.3) is 5.56 Å². The normalized spacial score (nSPS) is 13.5. The number of hydrogen-bond acceptors (Lipinski definition) is 8. The van der Waals surface area contributed by atoms with Crippen LogP contribution in [-0.2, 0) is 4.79 Å². The number of pyridine rings is 2. The molecule has 1 aliphatic rings. The number of hydrogen-bond donors (Lipinski definition) is 1. The van der Waals surface area contributed by atoms with Gasteiger partial charge in [-0.05, 0) is 36.1 Å². The first-order valence-electron chi connectivity index (χ1n) is 14.2. The number of carbonyl (C=O) groups is 1. The summed E-state index contributed by atoms with van der Waals surface area (Å²) in [6.45, 7) is 12.7. The summed E-state index contributed by atoms with van der Waals surface area (Å²) >= 11 is 6.81. The fourth-order valence-electron chi connectivity index (χ4n) is 5.63. The van der Waals surface area contributed by atoms with Crippen molar-refractivity contribution in [2.24, 2.45) is 0 Å². The Morgan fingerprint density at radius 1 is 1.11 bits per heavy atom. The molecular weight excluding hydrogens is 583 g/mol. The van der Waals surface area contributed by atoms with Crippen molar-refractivity contribution >= 4 is 39.9 Å². The van der Waals surface area contributed by atoms with Gasteiger partial charge in [-0.1, -0.05) is 51.9 Å². The van der Waals surface area contributed by atoms with Gasteiger partial charge in [-0.3, -0.25) is 14.2 Å². The summed E-state index contributed by atoms with van der Waals surface area (Å²) in [6, 6.07) is 8.00. The quantitative estimate of drug-likeness (QED) is 0.232. The summed E-state index contributed by atoms with van der Waals surface area (Å²) in [6.07, 6.45) is 2.72. The van der Waals surface area contributed by atoms with Gasteiger partial charge in [0.1, 0.15) is 29.4 Å². The molecule has 44 heavy (non-hydrogen) atoms. The number of nitriles is 1. The van der Waals surface area contributed by atoms with Crippen LogP contribution < -0.4 is 16.2 Å². The smallest absolute Gasteiger partial charge is 0.276 e. The highest BCUT2D eigenvalue weighted by atomic mass is 35.5. The molecule has 1 amide bonds. The second kappa shape index (κ2) is 12.1. The molecule has 2 N–H and O–H groups in total. The number of benzene rings is 1. The number of carbonyl (C=O) groups excluding carboxylic acids is 1. The Labute approximate surface area is 259 Å². The van der Waals surface area contributed by atoms with E-state index in [0.717, 1.165) is 0 Å². The van der Waals surface area contributed by atoms with E-state index >= 15 is 4.39 Å². The first-order valence-corrected chi connectivity index (χ1v) is 14.6. The highest BCUT2D eigenvalue weighted by Gasteiger charge is 2.31. The molecule has 0 spiro atoms. The van der Waals surface area contributed by atoms with Gasteiger partial charge in [0.05, 0.1) is 39.0 Å². The molecule has 0 radical (unpaired) electrons. The lowest BCUT2D eigenvalue weighted by molar-refractivity contribution is -0.126. The summed E-state index contributed by atoms with van der Waals surface area (Å²) in [4.78, 5) is 44.2. The molecule has 226 valence electrons. The zero-order chi connectivity index (χ0) is 31.9. The van der Waals surface area contributed by atoms with E-state index in [1.807, 2.05) is 32.6 Å². The van der Waals surface area contributed by atoms with Gasteiger partial charge in [0.2, 0.25) is 5.91 Å². The van der Waals surface area contributed by atoms with E-state index < -0.39 is 11.4 Å². The van der Waals surface area contributed by atoms with Crippen molar-refractivity contribution in [2.75, 3.05) is 36.8 Å². The predicted octanol–water partition coefficient (Wildman–Crippen LogP) is 5.17. The average molecular weight is 615 g/mol. The highest BCUT2D eigenvalue weighted by Crippen LogP contribution is 2.39. The van der Waals surface area contributed by atoms with Crippen LogP contribution in [0.25, 0.3) is 28.0 Å². The zero-order valence-electron chi connectivity index (χ0n) is 24.9. The van der Waals surface area contributed by atoms with Crippen molar-refractivity contribution in [2.45, 2.75) is 39.5 Å². The summed E-state index contributed by atoms with van der Waals surface area (Å²) in [7, 11) is 0. The molecule has 1 aromatic carbocycles. The van der Waals surface area contributed by atoms with E-state index in [-0.39, 0.29) is 50.9 Å². The Morgan fingerprint density at radius 2 is 1.75 bits per heavy atom. The maximum atomic E-state index is 15.2. The molecule has 12 heteroatoms. The first kappa shape index (κ1) is 30.6. The Hall–Kier alpha value is -4.82. The summed E-state index contributed by atoms with van der Waals surface area (Å²) < 4.78 is 16.6. The van der Waals surface area contributed by atoms with Crippen LogP contribution in [0.4, 0.5) is 15.8 Å². The van der Waals surface area contributed by atoms with Crippen LogP contribution in [0.5, 0.6) is 0 Å². The van der Waals surface area contributed by atoms with Gasteiger partial charge < -0.3 is 15.5 Å². The van der Waals surface area contributed by atoms with Crippen LogP contribution >= 0.6 is 11.6 Å². The Balaban J connectivity index is 1.92. The molecule has 1 fully saturated rings. The van der Waals surface area contributed by atoms with Crippen molar-refractivity contribution in [3.8, 4) is 23.0 Å². The van der Waals surface area contributed by atoms with Gasteiger partial charge >= 0.3 is 0 Å². The Morgan fingerprint density at radius 3 is 2.30 bits per heavy atom. The molecular formula is C32H32ClFN8O2. The molecule has 0 atom stereocenters. The topological polar surface area (TPSA) is 134 Å². The molecule has 4 aromatic rings. The monoisotopic (exact) mass is 614 g/mol. The Bertz CT molecular complexity index is 1860. The number of fused-ring (bicyclic) bond motifs is 1. The van der Waals surface area contributed by atoms with E-state index in [1.54, 1.807) is 17.0 Å². The van der Waals surface area contributed by atoms with Crippen molar-refractivity contribution in [1.82, 2.24) is 24.4 Å². The molecule has 1 saturated heterocycles. The van der Waals surface area contributed by atoms with Crippen LogP contribution in [0.1, 0.15) is 56.5 Å². The lowest BCUT2D eigenvalue weighted by Crippen LogP contribution is -2.49. The third-order valence-corrected chi connectivity index (χ3v) is 8.04. The maximum Gasteiger partial charge on any atom is 0.276 e. The van der Waals surface area contributed by atoms with Crippen LogP contribution in [0.2, 0.25) is 5.02 Å². The first-order chi connectivity index (χ1) is 21.0. The fourth-order valence-corrected chi connectivity index (χ4v) is 5.88. The van der Waals surface area contributed by atoms with E-state index in [1.165, 1.54) is 29.1 Å². The van der Waals surface area contributed by atoms with Crippen molar-refractivity contribution in [1.29, 1.82) is 5.26 Å². The van der Waals surface area contributed by atoms with Gasteiger partial charge in [-0.2, -0.15) is 5.26 Å². The number of nitrogen functional groups attached to an aromatic ring is 1. The minimum Gasteiger partial charge on any atom is -0.398 e. The largest absolute Gasteiger partial charge is 0.398 e. The number of aromatic nitrogens is 4. The number of amides is 1. The number of anilines is 2. The molecule has 1 aliphatic heterocycles. The fraction of sp³-hybridized carbons (Fsp3) is 0.312. The second-order valence-electron chi connectivity index (χ2n) is 11.2. The van der Waals surface area contributed by atoms with Gasteiger partial charge in [-0.15, -0.1) is 0 Å². The van der Waals surface area contributed by atoms with Crippen molar-refractivity contribution in [3.05, 3.63) is 81.4 Å². The average Bonchev–Trinajstić information content (AvgIpc) is 3.00.